The Kier molecular flexibility index (Phi) is 7.90. The molecule has 0 radical (unpaired) electrons. The first-order chi connectivity index (χ1) is 9.54. The highest BCUT2D eigenvalue weighted by Gasteiger charge is 2.28. The Morgan fingerprint density at radius 1 is 1.25 bits per heavy atom. The van der Waals surface area contributed by atoms with Crippen molar-refractivity contribution in [3.05, 3.63) is 33.8 Å². The summed E-state index contributed by atoms with van der Waals surface area (Å²) >= 11 is 12.2. The molecule has 0 fully saturated rings. The highest BCUT2D eigenvalue weighted by Crippen LogP contribution is 2.33. The van der Waals surface area contributed by atoms with E-state index in [1.165, 1.54) is 0 Å². The fourth-order valence-corrected chi connectivity index (χ4v) is 3.21. The van der Waals surface area contributed by atoms with E-state index in [1.54, 1.807) is 12.1 Å². The van der Waals surface area contributed by atoms with Gasteiger partial charge in [0.15, 0.2) is 0 Å². The molecular formula is C16H25Cl2NO. The molecule has 1 aromatic rings. The summed E-state index contributed by atoms with van der Waals surface area (Å²) in [6.45, 7) is 4.65. The van der Waals surface area contributed by atoms with Crippen LogP contribution in [0.15, 0.2) is 18.2 Å². The number of hydrogen-bond donors (Lipinski definition) is 2. The van der Waals surface area contributed by atoms with E-state index in [0.29, 0.717) is 16.6 Å². The van der Waals surface area contributed by atoms with Crippen LogP contribution in [0.25, 0.3) is 0 Å². The van der Waals surface area contributed by atoms with Crippen molar-refractivity contribution in [1.82, 2.24) is 0 Å². The summed E-state index contributed by atoms with van der Waals surface area (Å²) in [5.74, 6) is 0.122. The van der Waals surface area contributed by atoms with Gasteiger partial charge in [0.1, 0.15) is 0 Å². The van der Waals surface area contributed by atoms with Crippen molar-refractivity contribution in [3.8, 4) is 0 Å². The SMILES string of the molecule is CCCCC(CC)C(O)C(CN)c1ccc(Cl)cc1Cl. The molecule has 0 spiro atoms. The highest BCUT2D eigenvalue weighted by atomic mass is 35.5. The number of aliphatic hydroxyl groups excluding tert-OH is 1. The molecular weight excluding hydrogens is 293 g/mol. The number of nitrogens with two attached hydrogens (primary N) is 1. The summed E-state index contributed by atoms with van der Waals surface area (Å²) in [5, 5.41) is 11.9. The number of unbranched alkanes of at least 4 members (excludes halogenated alkanes) is 1. The molecule has 0 saturated heterocycles. The summed E-state index contributed by atoms with van der Waals surface area (Å²) in [4.78, 5) is 0. The predicted octanol–water partition coefficient (Wildman–Crippen LogP) is 4.61. The van der Waals surface area contributed by atoms with Crippen LogP contribution in [0.2, 0.25) is 10.0 Å². The van der Waals surface area contributed by atoms with Crippen molar-refractivity contribution in [1.29, 1.82) is 0 Å². The van der Waals surface area contributed by atoms with Crippen LogP contribution in [-0.4, -0.2) is 17.8 Å². The van der Waals surface area contributed by atoms with Gasteiger partial charge in [-0.1, -0.05) is 62.4 Å². The van der Waals surface area contributed by atoms with Gasteiger partial charge in [-0.05, 0) is 30.0 Å². The van der Waals surface area contributed by atoms with Gasteiger partial charge < -0.3 is 10.8 Å². The van der Waals surface area contributed by atoms with E-state index in [4.69, 9.17) is 28.9 Å². The Bertz CT molecular complexity index is 411. The van der Waals surface area contributed by atoms with Crippen LogP contribution in [0.1, 0.15) is 51.0 Å². The Balaban J connectivity index is 2.92. The van der Waals surface area contributed by atoms with E-state index >= 15 is 0 Å². The summed E-state index contributed by atoms with van der Waals surface area (Å²) < 4.78 is 0. The summed E-state index contributed by atoms with van der Waals surface area (Å²) in [6, 6.07) is 5.38. The normalized spacial score (nSPS) is 15.9. The molecule has 2 nitrogen and oxygen atoms in total. The van der Waals surface area contributed by atoms with E-state index < -0.39 is 6.10 Å². The molecule has 0 bridgehead atoms. The minimum atomic E-state index is -0.463. The van der Waals surface area contributed by atoms with Crippen LogP contribution in [0.4, 0.5) is 0 Å². The van der Waals surface area contributed by atoms with Crippen LogP contribution in [-0.2, 0) is 0 Å². The van der Waals surface area contributed by atoms with Crippen molar-refractivity contribution >= 4 is 23.2 Å². The standard InChI is InChI=1S/C16H25Cl2NO/c1-3-5-6-11(4-2)16(20)14(10-19)13-8-7-12(17)9-15(13)18/h7-9,11,14,16,20H,3-6,10,19H2,1-2H3. The second-order valence-electron chi connectivity index (χ2n) is 5.31. The average molecular weight is 318 g/mol. The molecule has 114 valence electrons. The molecule has 0 amide bonds. The van der Waals surface area contributed by atoms with Gasteiger partial charge in [0, 0.05) is 22.5 Å². The quantitative estimate of drug-likeness (QED) is 0.735. The van der Waals surface area contributed by atoms with Gasteiger partial charge in [-0.25, -0.2) is 0 Å². The molecule has 3 atom stereocenters. The minimum absolute atomic E-state index is 0.137. The Morgan fingerprint density at radius 3 is 2.45 bits per heavy atom. The van der Waals surface area contributed by atoms with E-state index in [9.17, 15) is 5.11 Å². The summed E-state index contributed by atoms with van der Waals surface area (Å²) in [7, 11) is 0. The lowest BCUT2D eigenvalue weighted by Gasteiger charge is -2.29. The monoisotopic (exact) mass is 317 g/mol. The summed E-state index contributed by atoms with van der Waals surface area (Å²) in [5.41, 5.74) is 6.77. The van der Waals surface area contributed by atoms with Crippen LogP contribution >= 0.6 is 23.2 Å². The van der Waals surface area contributed by atoms with E-state index in [2.05, 4.69) is 13.8 Å². The third-order valence-corrected chi connectivity index (χ3v) is 4.53. The van der Waals surface area contributed by atoms with Crippen molar-refractivity contribution in [2.45, 2.75) is 51.6 Å². The van der Waals surface area contributed by atoms with Crippen LogP contribution in [0.3, 0.4) is 0 Å². The maximum absolute atomic E-state index is 10.7. The Labute approximate surface area is 132 Å². The molecule has 0 saturated carbocycles. The molecule has 3 unspecified atom stereocenters. The molecule has 1 rings (SSSR count). The summed E-state index contributed by atoms with van der Waals surface area (Å²) in [6.07, 6.45) is 3.77. The third kappa shape index (κ3) is 4.63. The minimum Gasteiger partial charge on any atom is -0.392 e. The topological polar surface area (TPSA) is 46.2 Å². The lowest BCUT2D eigenvalue weighted by Crippen LogP contribution is -2.32. The first-order valence-corrected chi connectivity index (χ1v) is 8.13. The molecule has 0 aliphatic carbocycles. The van der Waals surface area contributed by atoms with Gasteiger partial charge in [0.25, 0.3) is 0 Å². The van der Waals surface area contributed by atoms with Crippen molar-refractivity contribution in [3.63, 3.8) is 0 Å². The Hall–Kier alpha value is -0.280. The van der Waals surface area contributed by atoms with Gasteiger partial charge in [0.2, 0.25) is 0 Å². The van der Waals surface area contributed by atoms with E-state index in [1.807, 2.05) is 6.07 Å². The molecule has 0 aliphatic rings. The molecule has 1 aromatic carbocycles. The van der Waals surface area contributed by atoms with Crippen molar-refractivity contribution < 1.29 is 5.11 Å². The highest BCUT2D eigenvalue weighted by molar-refractivity contribution is 6.35. The van der Waals surface area contributed by atoms with Gasteiger partial charge in [0.05, 0.1) is 6.10 Å². The number of aliphatic hydroxyl groups is 1. The molecule has 0 aromatic heterocycles. The average Bonchev–Trinajstić information content (AvgIpc) is 2.42. The third-order valence-electron chi connectivity index (χ3n) is 3.96. The fourth-order valence-electron chi connectivity index (χ4n) is 2.66. The zero-order chi connectivity index (χ0) is 15.1. The first-order valence-electron chi connectivity index (χ1n) is 7.38. The van der Waals surface area contributed by atoms with Gasteiger partial charge in [-0.2, -0.15) is 0 Å². The second kappa shape index (κ2) is 8.89. The zero-order valence-electron chi connectivity index (χ0n) is 12.3. The molecule has 3 N–H and O–H groups in total. The van der Waals surface area contributed by atoms with Crippen molar-refractivity contribution in [2.75, 3.05) is 6.54 Å². The lowest BCUT2D eigenvalue weighted by atomic mass is 9.82. The number of rotatable bonds is 8. The number of benzene rings is 1. The first kappa shape index (κ1) is 17.8. The smallest absolute Gasteiger partial charge is 0.0649 e. The van der Waals surface area contributed by atoms with Gasteiger partial charge >= 0.3 is 0 Å². The predicted molar refractivity (Wildman–Crippen MR) is 87.6 cm³/mol. The van der Waals surface area contributed by atoms with Crippen LogP contribution in [0, 0.1) is 5.92 Å². The lowest BCUT2D eigenvalue weighted by molar-refractivity contribution is 0.0743. The number of hydrogen-bond acceptors (Lipinski definition) is 2. The molecule has 4 heteroatoms. The number of halogens is 2. The molecule has 20 heavy (non-hydrogen) atoms. The zero-order valence-corrected chi connectivity index (χ0v) is 13.8. The second-order valence-corrected chi connectivity index (χ2v) is 6.15. The molecule has 0 heterocycles. The van der Waals surface area contributed by atoms with Crippen LogP contribution in [0.5, 0.6) is 0 Å². The molecule has 0 aliphatic heterocycles. The largest absolute Gasteiger partial charge is 0.392 e. The Morgan fingerprint density at radius 2 is 1.95 bits per heavy atom. The maximum Gasteiger partial charge on any atom is 0.0649 e. The van der Waals surface area contributed by atoms with Crippen molar-refractivity contribution in [2.24, 2.45) is 11.7 Å². The van der Waals surface area contributed by atoms with E-state index in [0.717, 1.165) is 31.2 Å². The maximum atomic E-state index is 10.7. The van der Waals surface area contributed by atoms with Gasteiger partial charge in [-0.15, -0.1) is 0 Å². The van der Waals surface area contributed by atoms with Gasteiger partial charge in [-0.3, -0.25) is 0 Å². The van der Waals surface area contributed by atoms with Crippen LogP contribution < -0.4 is 5.73 Å². The van der Waals surface area contributed by atoms with E-state index in [-0.39, 0.29) is 11.8 Å². The fraction of sp³-hybridized carbons (Fsp3) is 0.625.